The largest absolute Gasteiger partial charge is 0.493 e. The highest BCUT2D eigenvalue weighted by atomic mass is 19.1. The maximum absolute atomic E-state index is 13.2. The molecule has 0 aromatic heterocycles. The van der Waals surface area contributed by atoms with Gasteiger partial charge in [-0.15, -0.1) is 0 Å². The molecule has 2 aromatic rings. The van der Waals surface area contributed by atoms with Crippen molar-refractivity contribution in [2.45, 2.75) is 57.5 Å². The molecule has 2 aromatic carbocycles. The monoisotopic (exact) mass is 495 g/mol. The number of ether oxygens (including phenoxy) is 1. The van der Waals surface area contributed by atoms with Gasteiger partial charge in [0.05, 0.1) is 12.5 Å². The van der Waals surface area contributed by atoms with Crippen LogP contribution in [0.1, 0.15) is 60.9 Å². The van der Waals surface area contributed by atoms with Crippen LogP contribution in [0.5, 0.6) is 5.75 Å². The van der Waals surface area contributed by atoms with E-state index in [1.165, 1.54) is 49.9 Å². The van der Waals surface area contributed by atoms with Gasteiger partial charge in [-0.2, -0.15) is 0 Å². The van der Waals surface area contributed by atoms with Crippen molar-refractivity contribution in [2.24, 2.45) is 5.92 Å². The fraction of sp³-hybridized carbons (Fsp3) is 0.517. The number of piperidine rings is 1. The Morgan fingerprint density at radius 2 is 1.81 bits per heavy atom. The molecule has 2 fully saturated rings. The van der Waals surface area contributed by atoms with Crippen LogP contribution >= 0.6 is 0 Å². The number of rotatable bonds is 10. The molecule has 1 saturated heterocycles. The van der Waals surface area contributed by atoms with Crippen LogP contribution in [0, 0.1) is 11.7 Å². The lowest BCUT2D eigenvalue weighted by Crippen LogP contribution is -2.45. The van der Waals surface area contributed by atoms with Crippen molar-refractivity contribution in [3.05, 3.63) is 65.5 Å². The van der Waals surface area contributed by atoms with Gasteiger partial charge in [-0.25, -0.2) is 4.39 Å². The van der Waals surface area contributed by atoms with E-state index >= 15 is 0 Å². The fourth-order valence-electron chi connectivity index (χ4n) is 5.29. The topological polar surface area (TPSA) is 61.9 Å². The molecule has 2 amide bonds. The molecule has 1 saturated carbocycles. The zero-order valence-corrected chi connectivity index (χ0v) is 21.3. The van der Waals surface area contributed by atoms with Gasteiger partial charge in [0.25, 0.3) is 5.91 Å². The molecule has 194 valence electrons. The summed E-state index contributed by atoms with van der Waals surface area (Å²) in [4.78, 5) is 29.9. The predicted octanol–water partition coefficient (Wildman–Crippen LogP) is 4.64. The van der Waals surface area contributed by atoms with E-state index in [2.05, 4.69) is 17.3 Å². The van der Waals surface area contributed by atoms with E-state index in [1.54, 1.807) is 4.90 Å². The summed E-state index contributed by atoms with van der Waals surface area (Å²) >= 11 is 0. The van der Waals surface area contributed by atoms with E-state index in [0.717, 1.165) is 37.1 Å². The first-order valence-electron chi connectivity index (χ1n) is 13.2. The van der Waals surface area contributed by atoms with Crippen LogP contribution < -0.4 is 10.1 Å². The summed E-state index contributed by atoms with van der Waals surface area (Å²) < 4.78 is 19.3. The second-order valence-corrected chi connectivity index (χ2v) is 10.0. The highest BCUT2D eigenvalue weighted by Gasteiger charge is 2.29. The van der Waals surface area contributed by atoms with Crippen molar-refractivity contribution in [3.63, 3.8) is 0 Å². The van der Waals surface area contributed by atoms with Gasteiger partial charge in [0.1, 0.15) is 11.6 Å². The first kappa shape index (κ1) is 26.1. The summed E-state index contributed by atoms with van der Waals surface area (Å²) in [6, 6.07) is 14.1. The Morgan fingerprint density at radius 3 is 2.58 bits per heavy atom. The Labute approximate surface area is 213 Å². The molecule has 1 unspecified atom stereocenters. The lowest BCUT2D eigenvalue weighted by Gasteiger charge is -2.32. The van der Waals surface area contributed by atoms with Gasteiger partial charge in [0.15, 0.2) is 0 Å². The van der Waals surface area contributed by atoms with Gasteiger partial charge in [-0.05, 0) is 69.5 Å². The first-order valence-corrected chi connectivity index (χ1v) is 13.2. The number of carbonyl (C=O) groups excluding carboxylic acids is 2. The van der Waals surface area contributed by atoms with Crippen LogP contribution in [0.2, 0.25) is 0 Å². The number of benzene rings is 2. The van der Waals surface area contributed by atoms with Gasteiger partial charge in [0, 0.05) is 43.3 Å². The molecule has 0 spiro atoms. The van der Waals surface area contributed by atoms with Crippen molar-refractivity contribution >= 4 is 11.8 Å². The lowest BCUT2D eigenvalue weighted by atomic mass is 9.96. The summed E-state index contributed by atoms with van der Waals surface area (Å²) in [7, 11) is 2.21. The molecule has 1 aliphatic carbocycles. The fourth-order valence-corrected chi connectivity index (χ4v) is 5.29. The van der Waals surface area contributed by atoms with Gasteiger partial charge in [-0.1, -0.05) is 31.0 Å². The summed E-state index contributed by atoms with van der Waals surface area (Å²) in [5.74, 6) is -0.0482. The summed E-state index contributed by atoms with van der Waals surface area (Å²) in [6.45, 7) is 3.03. The maximum Gasteiger partial charge on any atom is 0.253 e. The van der Waals surface area contributed by atoms with E-state index in [1.807, 2.05) is 24.3 Å². The number of nitrogens with zero attached hydrogens (tertiary/aromatic N) is 2. The number of para-hydroxylation sites is 1. The smallest absolute Gasteiger partial charge is 0.253 e. The molecular weight excluding hydrogens is 457 g/mol. The quantitative estimate of drug-likeness (QED) is 0.488. The normalized spacial score (nSPS) is 18.4. The number of carbonyl (C=O) groups is 2. The van der Waals surface area contributed by atoms with E-state index in [4.69, 9.17) is 4.74 Å². The third kappa shape index (κ3) is 7.06. The van der Waals surface area contributed by atoms with Crippen molar-refractivity contribution in [3.8, 4) is 5.75 Å². The minimum Gasteiger partial charge on any atom is -0.493 e. The molecule has 2 aliphatic rings. The Hall–Kier alpha value is -2.93. The first-order chi connectivity index (χ1) is 17.5. The zero-order chi connectivity index (χ0) is 25.3. The molecule has 36 heavy (non-hydrogen) atoms. The van der Waals surface area contributed by atoms with Crippen molar-refractivity contribution in [2.75, 3.05) is 33.3 Å². The Bertz CT molecular complexity index is 1010. The number of hydrogen-bond donors (Lipinski definition) is 1. The molecular formula is C29H38FN3O3. The third-order valence-electron chi connectivity index (χ3n) is 7.46. The second-order valence-electron chi connectivity index (χ2n) is 10.0. The maximum atomic E-state index is 13.2. The minimum atomic E-state index is -0.372. The number of halogens is 1. The summed E-state index contributed by atoms with van der Waals surface area (Å²) in [5.41, 5.74) is 1.39. The molecule has 1 atom stereocenters. The molecule has 0 bridgehead atoms. The van der Waals surface area contributed by atoms with Crippen molar-refractivity contribution in [1.82, 2.24) is 15.1 Å². The van der Waals surface area contributed by atoms with E-state index in [9.17, 15) is 14.0 Å². The number of nitrogens with one attached hydrogen (secondary N) is 1. The minimum absolute atomic E-state index is 0.0559. The van der Waals surface area contributed by atoms with Crippen LogP contribution in [0.3, 0.4) is 0 Å². The van der Waals surface area contributed by atoms with Crippen LogP contribution in [0.15, 0.2) is 48.5 Å². The van der Waals surface area contributed by atoms with Gasteiger partial charge >= 0.3 is 0 Å². The van der Waals surface area contributed by atoms with Gasteiger partial charge < -0.3 is 19.9 Å². The molecule has 7 heteroatoms. The molecule has 1 N–H and O–H groups in total. The molecule has 4 rings (SSSR count). The third-order valence-corrected chi connectivity index (χ3v) is 7.46. The standard InChI is InChI=1S/C29H38FN3O3/c1-32(26-10-3-4-11-26)17-7-19-36-27-12-5-2-8-23(27)20-31-28(34)24-9-6-18-33(21-24)29(35)22-13-15-25(30)16-14-22/h2,5,8,12-16,24,26H,3-4,6-7,9-11,17-21H2,1H3,(H,31,34). The summed E-state index contributed by atoms with van der Waals surface area (Å²) in [5, 5.41) is 3.05. The highest BCUT2D eigenvalue weighted by molar-refractivity contribution is 5.94. The van der Waals surface area contributed by atoms with Crippen LogP contribution in [-0.2, 0) is 11.3 Å². The zero-order valence-electron chi connectivity index (χ0n) is 21.3. The predicted molar refractivity (Wildman–Crippen MR) is 138 cm³/mol. The molecule has 1 heterocycles. The van der Waals surface area contributed by atoms with Crippen LogP contribution in [0.25, 0.3) is 0 Å². The summed E-state index contributed by atoms with van der Waals surface area (Å²) in [6.07, 6.45) is 7.76. The molecule has 6 nitrogen and oxygen atoms in total. The van der Waals surface area contributed by atoms with Crippen LogP contribution in [-0.4, -0.2) is 60.9 Å². The second kappa shape index (κ2) is 12.9. The van der Waals surface area contributed by atoms with E-state index in [-0.39, 0.29) is 23.5 Å². The average Bonchev–Trinajstić information content (AvgIpc) is 3.46. The number of amides is 2. The average molecular weight is 496 g/mol. The van der Waals surface area contributed by atoms with E-state index in [0.29, 0.717) is 37.8 Å². The number of hydrogen-bond acceptors (Lipinski definition) is 4. The van der Waals surface area contributed by atoms with Crippen LogP contribution in [0.4, 0.5) is 4.39 Å². The van der Waals surface area contributed by atoms with Gasteiger partial charge in [0.2, 0.25) is 5.91 Å². The van der Waals surface area contributed by atoms with E-state index < -0.39 is 0 Å². The Balaban J connectivity index is 1.24. The Morgan fingerprint density at radius 1 is 1.06 bits per heavy atom. The van der Waals surface area contributed by atoms with Crippen molar-refractivity contribution in [1.29, 1.82) is 0 Å². The SMILES string of the molecule is CN(CCCOc1ccccc1CNC(=O)C1CCCN(C(=O)c2ccc(F)cc2)C1)C1CCCC1. The lowest BCUT2D eigenvalue weighted by molar-refractivity contribution is -0.126. The Kier molecular flexibility index (Phi) is 9.34. The molecule has 0 radical (unpaired) electrons. The van der Waals surface area contributed by atoms with Crippen molar-refractivity contribution < 1.29 is 18.7 Å². The molecule has 1 aliphatic heterocycles. The number of likely N-dealkylation sites (tertiary alicyclic amines) is 1. The highest BCUT2D eigenvalue weighted by Crippen LogP contribution is 2.23. The van der Waals surface area contributed by atoms with Gasteiger partial charge in [-0.3, -0.25) is 9.59 Å².